The van der Waals surface area contributed by atoms with E-state index in [2.05, 4.69) is 210 Å². The van der Waals surface area contributed by atoms with Crippen LogP contribution in [0.25, 0.3) is 111 Å². The molecule has 0 atom stereocenters. The Balaban J connectivity index is 0.867. The summed E-state index contributed by atoms with van der Waals surface area (Å²) < 4.78 is 13.0. The number of fused-ring (bicyclic) bond motifs is 12. The highest BCUT2D eigenvalue weighted by Gasteiger charge is 2.37. The first-order valence-electron chi connectivity index (χ1n) is 21.7. The lowest BCUT2D eigenvalue weighted by molar-refractivity contribution is 0.656. The van der Waals surface area contributed by atoms with Gasteiger partial charge in [-0.1, -0.05) is 149 Å². The van der Waals surface area contributed by atoms with Crippen molar-refractivity contribution in [3.63, 3.8) is 0 Å². The summed E-state index contributed by atoms with van der Waals surface area (Å²) >= 11 is 0. The van der Waals surface area contributed by atoms with Gasteiger partial charge in [-0.3, -0.25) is 0 Å². The lowest BCUT2D eigenvalue weighted by Crippen LogP contribution is -2.15. The second-order valence-electron chi connectivity index (χ2n) is 18.5. The molecule has 13 rings (SSSR count). The van der Waals surface area contributed by atoms with E-state index in [1.165, 1.54) is 89.0 Å². The fourth-order valence-corrected chi connectivity index (χ4v) is 10.9. The maximum atomic E-state index is 6.50. The standard InChI is InChI=1S/C60H42O2/c1-59(2)51-29-39(35-11-7-5-8-12-35)15-21-43(51)45-23-17-41(31-53(45)59)37-19-25-55-47(27-37)49-33-50-48-28-38(20-26-56(48)62-58(50)34-57(49)61-55)42-18-24-46-44-22-16-40(36-13-9-6-10-14-36)30-52(44)60(3,4)54(46)32-42/h5-34H,1-4H3. The van der Waals surface area contributed by atoms with E-state index in [9.17, 15) is 0 Å². The average molecular weight is 795 g/mol. The second kappa shape index (κ2) is 12.6. The molecule has 0 fully saturated rings. The van der Waals surface area contributed by atoms with E-state index in [1.54, 1.807) is 0 Å². The molecule has 11 aromatic rings. The predicted molar refractivity (Wildman–Crippen MR) is 258 cm³/mol. The van der Waals surface area contributed by atoms with Crippen LogP contribution < -0.4 is 0 Å². The SMILES string of the molecule is CC1(C)c2cc(-c3ccccc3)ccc2-c2ccc(-c3ccc4oc5cc6oc7ccc(-c8ccc9c(c8)C(C)(C)c8cc(-c%10ccccc%10)ccc8-9)cc7c6cc5c4c3)cc21. The number of hydrogen-bond acceptors (Lipinski definition) is 2. The lowest BCUT2D eigenvalue weighted by Gasteiger charge is -2.22. The minimum Gasteiger partial charge on any atom is -0.456 e. The summed E-state index contributed by atoms with van der Waals surface area (Å²) in [5.41, 5.74) is 23.7. The summed E-state index contributed by atoms with van der Waals surface area (Å²) in [6.07, 6.45) is 0. The Morgan fingerprint density at radius 3 is 0.935 bits per heavy atom. The van der Waals surface area contributed by atoms with Crippen molar-refractivity contribution in [2.75, 3.05) is 0 Å². The second-order valence-corrected chi connectivity index (χ2v) is 18.5. The van der Waals surface area contributed by atoms with Gasteiger partial charge in [0.1, 0.15) is 22.3 Å². The van der Waals surface area contributed by atoms with Crippen molar-refractivity contribution in [3.8, 4) is 66.8 Å². The van der Waals surface area contributed by atoms with Crippen molar-refractivity contribution >= 4 is 43.9 Å². The fraction of sp³-hybridized carbons (Fsp3) is 0.100. The Hall–Kier alpha value is -7.42. The minimum atomic E-state index is -0.127. The van der Waals surface area contributed by atoms with E-state index < -0.39 is 0 Å². The molecule has 2 aliphatic carbocycles. The molecule has 2 aromatic heterocycles. The van der Waals surface area contributed by atoms with Gasteiger partial charge in [0.15, 0.2) is 0 Å². The van der Waals surface area contributed by atoms with E-state index in [-0.39, 0.29) is 10.8 Å². The average Bonchev–Trinajstić information content (AvgIpc) is 3.99. The van der Waals surface area contributed by atoms with E-state index in [1.807, 2.05) is 0 Å². The molecular formula is C60H42O2. The molecule has 0 unspecified atom stereocenters. The largest absolute Gasteiger partial charge is 0.456 e. The molecule has 0 saturated heterocycles. The van der Waals surface area contributed by atoms with Crippen LogP contribution in [0.5, 0.6) is 0 Å². The zero-order valence-electron chi connectivity index (χ0n) is 35.1. The molecule has 2 heteroatoms. The molecule has 0 saturated carbocycles. The van der Waals surface area contributed by atoms with Crippen LogP contribution in [0.1, 0.15) is 49.9 Å². The number of hydrogen-bond donors (Lipinski definition) is 0. The Morgan fingerprint density at radius 1 is 0.258 bits per heavy atom. The predicted octanol–water partition coefficient (Wildman–Crippen LogP) is 16.8. The van der Waals surface area contributed by atoms with Crippen molar-refractivity contribution < 1.29 is 8.83 Å². The molecule has 9 aromatic carbocycles. The maximum absolute atomic E-state index is 6.50. The molecule has 2 aliphatic rings. The Bertz CT molecular complexity index is 3430. The van der Waals surface area contributed by atoms with Gasteiger partial charge in [-0.25, -0.2) is 0 Å². The third kappa shape index (κ3) is 5.04. The van der Waals surface area contributed by atoms with Crippen LogP contribution in [0, 0.1) is 0 Å². The summed E-state index contributed by atoms with van der Waals surface area (Å²) in [6.45, 7) is 9.45. The van der Waals surface area contributed by atoms with E-state index in [4.69, 9.17) is 8.83 Å². The van der Waals surface area contributed by atoms with E-state index in [0.717, 1.165) is 43.9 Å². The Morgan fingerprint density at radius 2 is 0.565 bits per heavy atom. The highest BCUT2D eigenvalue weighted by atomic mass is 16.3. The quantitative estimate of drug-likeness (QED) is 0.177. The molecule has 62 heavy (non-hydrogen) atoms. The van der Waals surface area contributed by atoms with Gasteiger partial charge in [0.2, 0.25) is 0 Å². The molecule has 0 aliphatic heterocycles. The maximum Gasteiger partial charge on any atom is 0.139 e. The van der Waals surface area contributed by atoms with Gasteiger partial charge in [-0.2, -0.15) is 0 Å². The number of benzene rings is 9. The first-order chi connectivity index (χ1) is 30.2. The molecule has 0 spiro atoms. The van der Waals surface area contributed by atoms with Crippen molar-refractivity contribution in [2.45, 2.75) is 38.5 Å². The van der Waals surface area contributed by atoms with Crippen molar-refractivity contribution in [1.29, 1.82) is 0 Å². The first kappa shape index (κ1) is 35.3. The fourth-order valence-electron chi connectivity index (χ4n) is 10.9. The van der Waals surface area contributed by atoms with Gasteiger partial charge in [0.05, 0.1) is 0 Å². The highest BCUT2D eigenvalue weighted by Crippen LogP contribution is 2.52. The van der Waals surface area contributed by atoms with Crippen LogP contribution in [0.3, 0.4) is 0 Å². The zero-order chi connectivity index (χ0) is 41.5. The van der Waals surface area contributed by atoms with Crippen molar-refractivity contribution in [3.05, 3.63) is 204 Å². The van der Waals surface area contributed by atoms with Gasteiger partial charge in [-0.15, -0.1) is 0 Å². The van der Waals surface area contributed by atoms with Crippen LogP contribution in [-0.4, -0.2) is 0 Å². The van der Waals surface area contributed by atoms with Gasteiger partial charge >= 0.3 is 0 Å². The van der Waals surface area contributed by atoms with Gasteiger partial charge < -0.3 is 8.83 Å². The lowest BCUT2D eigenvalue weighted by atomic mass is 9.81. The molecule has 2 nitrogen and oxygen atoms in total. The van der Waals surface area contributed by atoms with Crippen LogP contribution in [0.2, 0.25) is 0 Å². The van der Waals surface area contributed by atoms with Gasteiger partial charge in [-0.05, 0) is 144 Å². The summed E-state index contributed by atoms with van der Waals surface area (Å²) in [6, 6.07) is 66.9. The normalized spacial score (nSPS) is 14.4. The number of rotatable bonds is 4. The van der Waals surface area contributed by atoms with E-state index >= 15 is 0 Å². The molecule has 0 amide bonds. The smallest absolute Gasteiger partial charge is 0.139 e. The third-order valence-electron chi connectivity index (χ3n) is 14.3. The first-order valence-corrected chi connectivity index (χ1v) is 21.7. The summed E-state index contributed by atoms with van der Waals surface area (Å²) in [4.78, 5) is 0. The Kier molecular flexibility index (Phi) is 7.16. The topological polar surface area (TPSA) is 26.3 Å². The van der Waals surface area contributed by atoms with Gasteiger partial charge in [0.25, 0.3) is 0 Å². The monoisotopic (exact) mass is 794 g/mol. The van der Waals surface area contributed by atoms with E-state index in [0.29, 0.717) is 0 Å². The molecule has 2 heterocycles. The van der Waals surface area contributed by atoms with Crippen LogP contribution in [-0.2, 0) is 10.8 Å². The van der Waals surface area contributed by atoms with Crippen molar-refractivity contribution in [1.82, 2.24) is 0 Å². The molecule has 0 radical (unpaired) electrons. The Labute approximate surface area is 360 Å². The summed E-state index contributed by atoms with van der Waals surface area (Å²) in [5.74, 6) is 0. The summed E-state index contributed by atoms with van der Waals surface area (Å²) in [7, 11) is 0. The van der Waals surface area contributed by atoms with Crippen LogP contribution in [0.4, 0.5) is 0 Å². The molecule has 0 N–H and O–H groups in total. The van der Waals surface area contributed by atoms with Crippen LogP contribution in [0.15, 0.2) is 191 Å². The third-order valence-corrected chi connectivity index (χ3v) is 14.3. The molecule has 0 bridgehead atoms. The summed E-state index contributed by atoms with van der Waals surface area (Å²) in [5, 5.41) is 4.40. The van der Waals surface area contributed by atoms with Crippen molar-refractivity contribution in [2.24, 2.45) is 0 Å². The number of furan rings is 2. The highest BCUT2D eigenvalue weighted by molar-refractivity contribution is 6.16. The van der Waals surface area contributed by atoms with Crippen LogP contribution >= 0.6 is 0 Å². The van der Waals surface area contributed by atoms with Gasteiger partial charge in [0, 0.05) is 38.4 Å². The molecular weight excluding hydrogens is 753 g/mol. The minimum absolute atomic E-state index is 0.127. The molecule has 294 valence electrons. The zero-order valence-corrected chi connectivity index (χ0v) is 35.1.